The number of hydrogen-bond donors (Lipinski definition) is 0. The Morgan fingerprint density at radius 3 is 2.22 bits per heavy atom. The van der Waals surface area contributed by atoms with Crippen molar-refractivity contribution in [3.05, 3.63) is 55.1 Å². The van der Waals surface area contributed by atoms with Gasteiger partial charge in [-0.1, -0.05) is 25.3 Å². The molecule has 0 fully saturated rings. The van der Waals surface area contributed by atoms with Crippen LogP contribution in [0.3, 0.4) is 0 Å². The first-order valence-electron chi connectivity index (χ1n) is 5.38. The molecule has 0 heterocycles. The highest BCUT2D eigenvalue weighted by atomic mass is 16.5. The summed E-state index contributed by atoms with van der Waals surface area (Å²) < 4.78 is 9.77. The lowest BCUT2D eigenvalue weighted by Gasteiger charge is -2.04. The summed E-state index contributed by atoms with van der Waals surface area (Å²) in [7, 11) is 0. The van der Waals surface area contributed by atoms with Gasteiger partial charge >= 0.3 is 11.9 Å². The van der Waals surface area contributed by atoms with Crippen molar-refractivity contribution in [2.24, 2.45) is 0 Å². The van der Waals surface area contributed by atoms with E-state index in [4.69, 9.17) is 9.47 Å². The molecule has 94 valence electrons. The van der Waals surface area contributed by atoms with Crippen molar-refractivity contribution in [1.29, 1.82) is 0 Å². The molecule has 4 nitrogen and oxygen atoms in total. The summed E-state index contributed by atoms with van der Waals surface area (Å²) in [6.45, 7) is 6.90. The Morgan fingerprint density at radius 2 is 1.67 bits per heavy atom. The molecule has 0 atom stereocenters. The number of hydrogen-bond acceptors (Lipinski definition) is 4. The maximum Gasteiger partial charge on any atom is 0.335 e. The lowest BCUT2D eigenvalue weighted by atomic mass is 10.1. The van der Waals surface area contributed by atoms with E-state index in [1.54, 1.807) is 24.3 Å². The number of ether oxygens (including phenoxy) is 2. The molecule has 0 aromatic heterocycles. The highest BCUT2D eigenvalue weighted by Gasteiger charge is 2.01. The largest absolute Gasteiger partial charge is 0.462 e. The normalized spacial score (nSPS) is 9.33. The number of carbonyl (C=O) groups excluding carboxylic acids is 2. The van der Waals surface area contributed by atoms with Crippen molar-refractivity contribution in [3.63, 3.8) is 0 Å². The van der Waals surface area contributed by atoms with Gasteiger partial charge in [-0.2, -0.15) is 0 Å². The molecule has 1 aromatic carbocycles. The van der Waals surface area contributed by atoms with E-state index in [-0.39, 0.29) is 6.61 Å². The van der Waals surface area contributed by atoms with E-state index in [9.17, 15) is 9.59 Å². The minimum absolute atomic E-state index is 0.288. The van der Waals surface area contributed by atoms with Gasteiger partial charge in [0.2, 0.25) is 0 Å². The van der Waals surface area contributed by atoms with E-state index >= 15 is 0 Å². The van der Waals surface area contributed by atoms with Gasteiger partial charge < -0.3 is 9.47 Å². The van der Waals surface area contributed by atoms with Gasteiger partial charge in [0.25, 0.3) is 0 Å². The average Bonchev–Trinajstić information content (AvgIpc) is 2.40. The molecular weight excluding hydrogens is 232 g/mol. The first-order chi connectivity index (χ1) is 8.65. The van der Waals surface area contributed by atoms with Crippen molar-refractivity contribution >= 4 is 11.9 Å². The average molecular weight is 246 g/mol. The Hall–Kier alpha value is -2.36. The first kappa shape index (κ1) is 13.7. The molecule has 1 rings (SSSR count). The van der Waals surface area contributed by atoms with Crippen molar-refractivity contribution in [3.8, 4) is 5.75 Å². The van der Waals surface area contributed by atoms with Crippen LogP contribution in [-0.4, -0.2) is 18.5 Å². The fourth-order valence-electron chi connectivity index (χ4n) is 1.21. The zero-order chi connectivity index (χ0) is 13.4. The van der Waals surface area contributed by atoms with Gasteiger partial charge in [0.05, 0.1) is 6.61 Å². The highest BCUT2D eigenvalue weighted by molar-refractivity contribution is 5.83. The number of esters is 2. The lowest BCUT2D eigenvalue weighted by molar-refractivity contribution is -0.137. The van der Waals surface area contributed by atoms with Gasteiger partial charge in [-0.25, -0.2) is 9.59 Å². The van der Waals surface area contributed by atoms with Crippen LogP contribution in [-0.2, 0) is 20.7 Å². The molecule has 18 heavy (non-hydrogen) atoms. The predicted octanol–water partition coefficient (Wildman–Crippen LogP) is 2.05. The molecule has 4 heteroatoms. The SMILES string of the molecule is C=CC(=O)OCCc1ccc(OC(=O)C=C)cc1. The third-order valence-corrected chi connectivity index (χ3v) is 2.11. The van der Waals surface area contributed by atoms with Crippen molar-refractivity contribution in [1.82, 2.24) is 0 Å². The molecule has 0 radical (unpaired) electrons. The van der Waals surface area contributed by atoms with Crippen molar-refractivity contribution in [2.45, 2.75) is 6.42 Å². The van der Waals surface area contributed by atoms with Gasteiger partial charge in [-0.15, -0.1) is 0 Å². The third kappa shape index (κ3) is 4.65. The lowest BCUT2D eigenvalue weighted by Crippen LogP contribution is -2.05. The fourth-order valence-corrected chi connectivity index (χ4v) is 1.21. The van der Waals surface area contributed by atoms with Crippen LogP contribution in [0.2, 0.25) is 0 Å². The maximum atomic E-state index is 10.9. The second-order valence-electron chi connectivity index (χ2n) is 3.39. The second-order valence-corrected chi connectivity index (χ2v) is 3.39. The molecule has 0 spiro atoms. The minimum Gasteiger partial charge on any atom is -0.462 e. The van der Waals surface area contributed by atoms with Crippen LogP contribution in [0.4, 0.5) is 0 Å². The van der Waals surface area contributed by atoms with E-state index in [0.717, 1.165) is 17.7 Å². The quantitative estimate of drug-likeness (QED) is 0.438. The van der Waals surface area contributed by atoms with E-state index in [1.165, 1.54) is 0 Å². The maximum absolute atomic E-state index is 10.9. The molecule has 0 saturated heterocycles. The number of benzene rings is 1. The Labute approximate surface area is 106 Å². The molecule has 0 unspecified atom stereocenters. The van der Waals surface area contributed by atoms with Crippen LogP contribution in [0.5, 0.6) is 5.75 Å². The standard InChI is InChI=1S/C14H14O4/c1-3-13(15)17-10-9-11-5-7-12(8-6-11)18-14(16)4-2/h3-8H,1-2,9-10H2. The van der Waals surface area contributed by atoms with E-state index in [1.807, 2.05) is 0 Å². The summed E-state index contributed by atoms with van der Waals surface area (Å²) in [6.07, 6.45) is 2.82. The van der Waals surface area contributed by atoms with Crippen LogP contribution in [0.1, 0.15) is 5.56 Å². The van der Waals surface area contributed by atoms with E-state index in [2.05, 4.69) is 13.2 Å². The smallest absolute Gasteiger partial charge is 0.335 e. The number of rotatable bonds is 6. The Morgan fingerprint density at radius 1 is 1.06 bits per heavy atom. The van der Waals surface area contributed by atoms with Crippen LogP contribution < -0.4 is 4.74 Å². The summed E-state index contributed by atoms with van der Waals surface area (Å²) in [4.78, 5) is 21.7. The first-order valence-corrected chi connectivity index (χ1v) is 5.38. The molecule has 0 amide bonds. The molecule has 1 aromatic rings. The molecular formula is C14H14O4. The van der Waals surface area contributed by atoms with Crippen LogP contribution in [0.15, 0.2) is 49.6 Å². The molecule has 0 N–H and O–H groups in total. The van der Waals surface area contributed by atoms with Crippen molar-refractivity contribution in [2.75, 3.05) is 6.61 Å². The molecule has 0 aliphatic heterocycles. The van der Waals surface area contributed by atoms with E-state index in [0.29, 0.717) is 12.2 Å². The summed E-state index contributed by atoms with van der Waals surface area (Å²) in [6, 6.07) is 6.94. The van der Waals surface area contributed by atoms with Gasteiger partial charge in [0.15, 0.2) is 0 Å². The summed E-state index contributed by atoms with van der Waals surface area (Å²) in [5.41, 5.74) is 0.977. The monoisotopic (exact) mass is 246 g/mol. The Kier molecular flexibility index (Phi) is 5.38. The Bertz CT molecular complexity index is 445. The van der Waals surface area contributed by atoms with Gasteiger partial charge in [0.1, 0.15) is 5.75 Å². The fraction of sp³-hybridized carbons (Fsp3) is 0.143. The highest BCUT2D eigenvalue weighted by Crippen LogP contribution is 2.13. The molecule has 0 saturated carbocycles. The van der Waals surface area contributed by atoms with Crippen molar-refractivity contribution < 1.29 is 19.1 Å². The topological polar surface area (TPSA) is 52.6 Å². The van der Waals surface area contributed by atoms with Gasteiger partial charge in [-0.3, -0.25) is 0 Å². The Balaban J connectivity index is 2.45. The van der Waals surface area contributed by atoms with Crippen LogP contribution in [0, 0.1) is 0 Å². The molecule has 0 aliphatic carbocycles. The van der Waals surface area contributed by atoms with Gasteiger partial charge in [0, 0.05) is 18.6 Å². The second kappa shape index (κ2) is 7.06. The summed E-state index contributed by atoms with van der Waals surface area (Å²) >= 11 is 0. The predicted molar refractivity (Wildman–Crippen MR) is 67.1 cm³/mol. The zero-order valence-corrected chi connectivity index (χ0v) is 9.93. The number of carbonyl (C=O) groups is 2. The summed E-state index contributed by atoms with van der Waals surface area (Å²) in [5.74, 6) is -0.485. The minimum atomic E-state index is -0.498. The zero-order valence-electron chi connectivity index (χ0n) is 9.93. The summed E-state index contributed by atoms with van der Waals surface area (Å²) in [5, 5.41) is 0. The third-order valence-electron chi connectivity index (χ3n) is 2.11. The van der Waals surface area contributed by atoms with Crippen LogP contribution in [0.25, 0.3) is 0 Å². The molecule has 0 bridgehead atoms. The van der Waals surface area contributed by atoms with E-state index < -0.39 is 11.9 Å². The van der Waals surface area contributed by atoms with Gasteiger partial charge in [-0.05, 0) is 17.7 Å². The van der Waals surface area contributed by atoms with Crippen LogP contribution >= 0.6 is 0 Å². The molecule has 0 aliphatic rings.